The van der Waals surface area contributed by atoms with Crippen LogP contribution in [0.5, 0.6) is 0 Å². The van der Waals surface area contributed by atoms with Crippen molar-refractivity contribution in [2.24, 2.45) is 0 Å². The molecule has 1 aliphatic heterocycles. The summed E-state index contributed by atoms with van der Waals surface area (Å²) in [5.41, 5.74) is 5.62. The second-order valence-corrected chi connectivity index (χ2v) is 4.40. The first-order chi connectivity index (χ1) is 8.72. The van der Waals surface area contributed by atoms with Crippen LogP contribution in [0.15, 0.2) is 0 Å². The van der Waals surface area contributed by atoms with Crippen molar-refractivity contribution in [2.75, 3.05) is 43.0 Å². The Morgan fingerprint density at radius 3 is 2.83 bits per heavy atom. The molecule has 0 saturated carbocycles. The Hall–Kier alpha value is -1.63. The van der Waals surface area contributed by atoms with Gasteiger partial charge in [0.05, 0.1) is 0 Å². The first-order valence-corrected chi connectivity index (χ1v) is 6.40. The monoisotopic (exact) mass is 251 g/mol. The second-order valence-electron chi connectivity index (χ2n) is 4.40. The number of likely N-dealkylation sites (tertiary alicyclic amines) is 1. The number of anilines is 3. The Bertz CT molecular complexity index is 395. The molecule has 0 aromatic carbocycles. The number of rotatable bonds is 5. The lowest BCUT2D eigenvalue weighted by atomic mass is 10.2. The number of nitrogens with one attached hydrogen (secondary N) is 2. The fourth-order valence-electron chi connectivity index (χ4n) is 2.33. The molecule has 1 aromatic rings. The lowest BCUT2D eigenvalue weighted by molar-refractivity contribution is 0.277. The summed E-state index contributed by atoms with van der Waals surface area (Å²) in [6, 6.07) is 0.561. The molecule has 4 N–H and O–H groups in total. The summed E-state index contributed by atoms with van der Waals surface area (Å²) in [4.78, 5) is 14.7. The van der Waals surface area contributed by atoms with E-state index in [-0.39, 0.29) is 5.95 Å². The quantitative estimate of drug-likeness (QED) is 0.697. The van der Waals surface area contributed by atoms with Gasteiger partial charge in [-0.2, -0.15) is 15.0 Å². The van der Waals surface area contributed by atoms with Gasteiger partial charge >= 0.3 is 0 Å². The van der Waals surface area contributed by atoms with E-state index in [1.165, 1.54) is 19.4 Å². The largest absolute Gasteiger partial charge is 0.368 e. The van der Waals surface area contributed by atoms with Gasteiger partial charge in [-0.15, -0.1) is 0 Å². The number of nitrogens with zero attached hydrogens (tertiary/aromatic N) is 4. The zero-order valence-electron chi connectivity index (χ0n) is 11.0. The molecule has 0 aliphatic carbocycles. The van der Waals surface area contributed by atoms with Crippen LogP contribution in [-0.4, -0.2) is 52.6 Å². The van der Waals surface area contributed by atoms with E-state index >= 15 is 0 Å². The molecule has 0 amide bonds. The van der Waals surface area contributed by atoms with Gasteiger partial charge in [-0.25, -0.2) is 0 Å². The molecule has 1 aliphatic rings. The normalized spacial score (nSPS) is 20.0. The van der Waals surface area contributed by atoms with Gasteiger partial charge in [-0.05, 0) is 25.9 Å². The minimum atomic E-state index is 0.232. The van der Waals surface area contributed by atoms with E-state index in [4.69, 9.17) is 5.73 Å². The maximum atomic E-state index is 5.62. The highest BCUT2D eigenvalue weighted by Gasteiger charge is 2.22. The molecule has 0 spiro atoms. The maximum absolute atomic E-state index is 5.62. The number of nitrogen functional groups attached to an aromatic ring is 1. The predicted molar refractivity (Wildman–Crippen MR) is 72.5 cm³/mol. The van der Waals surface area contributed by atoms with Crippen molar-refractivity contribution < 1.29 is 0 Å². The van der Waals surface area contributed by atoms with Crippen LogP contribution in [0, 0.1) is 0 Å². The van der Waals surface area contributed by atoms with Gasteiger partial charge in [0.25, 0.3) is 0 Å². The van der Waals surface area contributed by atoms with Crippen LogP contribution in [-0.2, 0) is 0 Å². The number of aromatic nitrogens is 3. The van der Waals surface area contributed by atoms with Crippen LogP contribution >= 0.6 is 0 Å². The molecule has 1 atom stereocenters. The van der Waals surface area contributed by atoms with Crippen LogP contribution in [0.4, 0.5) is 17.8 Å². The van der Waals surface area contributed by atoms with E-state index in [1.54, 1.807) is 7.05 Å². The van der Waals surface area contributed by atoms with Gasteiger partial charge in [0.15, 0.2) is 0 Å². The summed E-state index contributed by atoms with van der Waals surface area (Å²) in [5.74, 6) is 1.26. The topological polar surface area (TPSA) is 92.0 Å². The maximum Gasteiger partial charge on any atom is 0.229 e. The smallest absolute Gasteiger partial charge is 0.229 e. The highest BCUT2D eigenvalue weighted by molar-refractivity contribution is 5.39. The van der Waals surface area contributed by atoms with Crippen molar-refractivity contribution in [3.8, 4) is 0 Å². The zero-order chi connectivity index (χ0) is 13.0. The molecular formula is C11H21N7. The summed E-state index contributed by atoms with van der Waals surface area (Å²) in [5, 5.41) is 6.11. The Morgan fingerprint density at radius 1 is 1.33 bits per heavy atom. The third kappa shape index (κ3) is 2.98. The lowest BCUT2D eigenvalue weighted by Crippen LogP contribution is -2.35. The van der Waals surface area contributed by atoms with E-state index in [2.05, 4.69) is 37.4 Å². The summed E-state index contributed by atoms with van der Waals surface area (Å²) in [6.07, 6.45) is 2.49. The van der Waals surface area contributed by atoms with E-state index in [0.29, 0.717) is 17.9 Å². The van der Waals surface area contributed by atoms with Crippen LogP contribution < -0.4 is 16.4 Å². The Kier molecular flexibility index (Phi) is 4.14. The van der Waals surface area contributed by atoms with Crippen LogP contribution in [0.2, 0.25) is 0 Å². The van der Waals surface area contributed by atoms with Crippen molar-refractivity contribution in [1.29, 1.82) is 0 Å². The molecule has 18 heavy (non-hydrogen) atoms. The standard InChI is InChI=1S/C11H21N7/c1-3-18-6-4-5-8(18)7-14-11-16-9(12)15-10(13-2)17-11/h8H,3-7H2,1-2H3,(H4,12,13,14,15,16,17). The molecule has 2 rings (SSSR count). The molecule has 2 heterocycles. The molecule has 100 valence electrons. The van der Waals surface area contributed by atoms with Gasteiger partial charge in [0, 0.05) is 19.6 Å². The van der Waals surface area contributed by atoms with E-state index in [0.717, 1.165) is 13.1 Å². The van der Waals surface area contributed by atoms with Crippen LogP contribution in [0.1, 0.15) is 19.8 Å². The molecule has 7 heteroatoms. The van der Waals surface area contributed by atoms with Crippen molar-refractivity contribution in [3.05, 3.63) is 0 Å². The van der Waals surface area contributed by atoms with Crippen LogP contribution in [0.25, 0.3) is 0 Å². The van der Waals surface area contributed by atoms with Gasteiger partial charge < -0.3 is 16.4 Å². The summed E-state index contributed by atoms with van der Waals surface area (Å²) in [6.45, 7) is 5.32. The second kappa shape index (κ2) is 5.81. The number of hydrogen-bond acceptors (Lipinski definition) is 7. The van der Waals surface area contributed by atoms with Crippen LogP contribution in [0.3, 0.4) is 0 Å². The van der Waals surface area contributed by atoms with Gasteiger partial charge in [-0.1, -0.05) is 6.92 Å². The highest BCUT2D eigenvalue weighted by atomic mass is 15.3. The van der Waals surface area contributed by atoms with Crippen molar-refractivity contribution in [2.45, 2.75) is 25.8 Å². The molecule has 0 bridgehead atoms. The van der Waals surface area contributed by atoms with Gasteiger partial charge in [-0.3, -0.25) is 4.90 Å². The van der Waals surface area contributed by atoms with E-state index in [9.17, 15) is 0 Å². The van der Waals surface area contributed by atoms with Crippen molar-refractivity contribution >= 4 is 17.8 Å². The predicted octanol–water partition coefficient (Wildman–Crippen LogP) is 0.392. The SMILES string of the molecule is CCN1CCCC1CNc1nc(N)nc(NC)n1. The average molecular weight is 251 g/mol. The molecule has 1 unspecified atom stereocenters. The lowest BCUT2D eigenvalue weighted by Gasteiger charge is -2.22. The number of nitrogens with two attached hydrogens (primary N) is 1. The highest BCUT2D eigenvalue weighted by Crippen LogP contribution is 2.17. The number of hydrogen-bond donors (Lipinski definition) is 3. The summed E-state index contributed by atoms with van der Waals surface area (Å²) < 4.78 is 0. The summed E-state index contributed by atoms with van der Waals surface area (Å²) in [7, 11) is 1.76. The van der Waals surface area contributed by atoms with Gasteiger partial charge in [0.2, 0.25) is 17.8 Å². The molecule has 7 nitrogen and oxygen atoms in total. The summed E-state index contributed by atoms with van der Waals surface area (Å²) >= 11 is 0. The molecular weight excluding hydrogens is 230 g/mol. The minimum absolute atomic E-state index is 0.232. The van der Waals surface area contributed by atoms with E-state index < -0.39 is 0 Å². The first kappa shape index (κ1) is 12.8. The minimum Gasteiger partial charge on any atom is -0.368 e. The third-order valence-corrected chi connectivity index (χ3v) is 3.28. The zero-order valence-corrected chi connectivity index (χ0v) is 11.0. The van der Waals surface area contributed by atoms with Crippen molar-refractivity contribution in [3.63, 3.8) is 0 Å². The first-order valence-electron chi connectivity index (χ1n) is 6.40. The molecule has 1 aromatic heterocycles. The third-order valence-electron chi connectivity index (χ3n) is 3.28. The van der Waals surface area contributed by atoms with E-state index in [1.807, 2.05) is 0 Å². The van der Waals surface area contributed by atoms with Gasteiger partial charge in [0.1, 0.15) is 0 Å². The Morgan fingerprint density at radius 2 is 2.11 bits per heavy atom. The number of likely N-dealkylation sites (N-methyl/N-ethyl adjacent to an activating group) is 1. The average Bonchev–Trinajstić information content (AvgIpc) is 2.83. The molecule has 0 radical (unpaired) electrons. The van der Waals surface area contributed by atoms with Crippen molar-refractivity contribution in [1.82, 2.24) is 19.9 Å². The Labute approximate surface area is 107 Å². The molecule has 1 saturated heterocycles. The molecule has 1 fully saturated rings. The Balaban J connectivity index is 1.95. The fraction of sp³-hybridized carbons (Fsp3) is 0.727. The fourth-order valence-corrected chi connectivity index (χ4v) is 2.33.